The first kappa shape index (κ1) is 13.4. The summed E-state index contributed by atoms with van der Waals surface area (Å²) >= 11 is 0. The van der Waals surface area contributed by atoms with E-state index in [4.69, 9.17) is 4.74 Å². The minimum atomic E-state index is 0.859. The first-order chi connectivity index (χ1) is 10.4. The smallest absolute Gasteiger partial charge is 0.127 e. The molecule has 1 nitrogen and oxygen atoms in total. The molecule has 0 saturated carbocycles. The maximum Gasteiger partial charge on any atom is 0.127 e. The number of hydrogen-bond donors (Lipinski definition) is 0. The van der Waals surface area contributed by atoms with Crippen LogP contribution < -0.4 is 4.74 Å². The van der Waals surface area contributed by atoms with Crippen LogP contribution in [0, 0.1) is 6.42 Å². The summed E-state index contributed by atoms with van der Waals surface area (Å²) in [6, 6.07) is 28.5. The van der Waals surface area contributed by atoms with E-state index in [1.165, 1.54) is 11.1 Å². The predicted molar refractivity (Wildman–Crippen MR) is 86.5 cm³/mol. The van der Waals surface area contributed by atoms with Crippen molar-refractivity contribution in [2.24, 2.45) is 0 Å². The summed E-state index contributed by atoms with van der Waals surface area (Å²) in [6.07, 6.45) is 3.17. The van der Waals surface area contributed by atoms with E-state index in [0.717, 1.165) is 17.9 Å². The summed E-state index contributed by atoms with van der Waals surface area (Å²) in [5.74, 6) is 1.72. The van der Waals surface area contributed by atoms with E-state index in [1.807, 2.05) is 48.5 Å². The van der Waals surface area contributed by atoms with Gasteiger partial charge in [0.05, 0.1) is 0 Å². The second-order valence-corrected chi connectivity index (χ2v) is 4.88. The van der Waals surface area contributed by atoms with Crippen LogP contribution in [0.15, 0.2) is 84.9 Å². The fourth-order valence-electron chi connectivity index (χ4n) is 2.15. The lowest BCUT2D eigenvalue weighted by Gasteiger charge is -2.06. The molecule has 0 bridgehead atoms. The third kappa shape index (κ3) is 3.96. The van der Waals surface area contributed by atoms with Crippen LogP contribution >= 0.6 is 0 Å². The molecular formula is C20H17O. The molecule has 0 amide bonds. The molecule has 103 valence electrons. The van der Waals surface area contributed by atoms with Gasteiger partial charge in [-0.15, -0.1) is 0 Å². The molecule has 21 heavy (non-hydrogen) atoms. The highest BCUT2D eigenvalue weighted by molar-refractivity contribution is 5.36. The summed E-state index contributed by atoms with van der Waals surface area (Å²) < 4.78 is 5.78. The fraction of sp³-hybridized carbons (Fsp3) is 0.0500. The first-order valence-electron chi connectivity index (χ1n) is 7.10. The molecule has 0 unspecified atom stereocenters. The van der Waals surface area contributed by atoms with Crippen molar-refractivity contribution in [2.75, 3.05) is 0 Å². The maximum absolute atomic E-state index is 5.78. The number of rotatable bonds is 5. The standard InChI is InChI=1S/C20H17O/c1-3-7-17(8-4-1)11-12-18-13-15-20(16-14-18)21-19-9-5-2-6-10-19/h1-10,12-16H,11H2. The zero-order chi connectivity index (χ0) is 14.3. The Morgan fingerprint density at radius 1 is 0.619 bits per heavy atom. The van der Waals surface area contributed by atoms with Crippen LogP contribution in [-0.2, 0) is 6.42 Å². The van der Waals surface area contributed by atoms with Gasteiger partial charge < -0.3 is 4.74 Å². The second kappa shape index (κ2) is 6.76. The third-order valence-electron chi connectivity index (χ3n) is 3.28. The molecule has 0 aliphatic heterocycles. The molecule has 0 spiro atoms. The molecule has 0 heterocycles. The largest absolute Gasteiger partial charge is 0.457 e. The van der Waals surface area contributed by atoms with Crippen LogP contribution in [0.5, 0.6) is 11.5 Å². The molecule has 3 rings (SSSR count). The zero-order valence-corrected chi connectivity index (χ0v) is 11.8. The Morgan fingerprint density at radius 2 is 1.19 bits per heavy atom. The van der Waals surface area contributed by atoms with Crippen molar-refractivity contribution in [1.29, 1.82) is 0 Å². The van der Waals surface area contributed by atoms with Gasteiger partial charge in [-0.2, -0.15) is 0 Å². The highest BCUT2D eigenvalue weighted by atomic mass is 16.5. The molecule has 0 N–H and O–H groups in total. The van der Waals surface area contributed by atoms with Gasteiger partial charge in [-0.1, -0.05) is 60.7 Å². The van der Waals surface area contributed by atoms with E-state index in [1.54, 1.807) is 0 Å². The Hall–Kier alpha value is -2.54. The number of benzene rings is 3. The fourth-order valence-corrected chi connectivity index (χ4v) is 2.15. The molecule has 0 saturated heterocycles. The highest BCUT2D eigenvalue weighted by Gasteiger charge is 1.99. The van der Waals surface area contributed by atoms with Crippen molar-refractivity contribution in [3.8, 4) is 11.5 Å². The molecule has 0 fully saturated rings. The zero-order valence-electron chi connectivity index (χ0n) is 11.8. The van der Waals surface area contributed by atoms with Crippen molar-refractivity contribution >= 4 is 0 Å². The van der Waals surface area contributed by atoms with Crippen molar-refractivity contribution in [2.45, 2.75) is 6.42 Å². The maximum atomic E-state index is 5.78. The Balaban J connectivity index is 1.59. The van der Waals surface area contributed by atoms with Gasteiger partial charge in [-0.3, -0.25) is 0 Å². The van der Waals surface area contributed by atoms with E-state index < -0.39 is 0 Å². The van der Waals surface area contributed by atoms with Gasteiger partial charge >= 0.3 is 0 Å². The van der Waals surface area contributed by atoms with Gasteiger partial charge in [0.25, 0.3) is 0 Å². The van der Waals surface area contributed by atoms with Gasteiger partial charge in [0.1, 0.15) is 11.5 Å². The predicted octanol–water partition coefficient (Wildman–Crippen LogP) is 5.27. The van der Waals surface area contributed by atoms with Crippen LogP contribution in [0.2, 0.25) is 0 Å². The molecule has 1 radical (unpaired) electrons. The van der Waals surface area contributed by atoms with E-state index in [2.05, 4.69) is 42.8 Å². The lowest BCUT2D eigenvalue weighted by molar-refractivity contribution is 0.482. The molecule has 3 aromatic carbocycles. The van der Waals surface area contributed by atoms with Crippen LogP contribution in [0.4, 0.5) is 0 Å². The minimum absolute atomic E-state index is 0.859. The Labute approximate surface area is 125 Å². The van der Waals surface area contributed by atoms with Gasteiger partial charge in [-0.25, -0.2) is 0 Å². The van der Waals surface area contributed by atoms with E-state index in [9.17, 15) is 0 Å². The normalized spacial score (nSPS) is 10.3. The van der Waals surface area contributed by atoms with Crippen LogP contribution in [-0.4, -0.2) is 0 Å². The van der Waals surface area contributed by atoms with Gasteiger partial charge in [0.2, 0.25) is 0 Å². The van der Waals surface area contributed by atoms with Crippen molar-refractivity contribution in [3.63, 3.8) is 0 Å². The number of para-hydroxylation sites is 1. The monoisotopic (exact) mass is 273 g/mol. The molecule has 1 heteroatoms. The average molecular weight is 273 g/mol. The van der Waals surface area contributed by atoms with Gasteiger partial charge in [0, 0.05) is 0 Å². The molecule has 3 aromatic rings. The average Bonchev–Trinajstić information content (AvgIpc) is 2.56. The quantitative estimate of drug-likeness (QED) is 0.615. The van der Waals surface area contributed by atoms with Crippen LogP contribution in [0.25, 0.3) is 0 Å². The lowest BCUT2D eigenvalue weighted by atomic mass is 10.0. The minimum Gasteiger partial charge on any atom is -0.457 e. The van der Waals surface area contributed by atoms with E-state index in [-0.39, 0.29) is 0 Å². The van der Waals surface area contributed by atoms with Crippen molar-refractivity contribution in [1.82, 2.24) is 0 Å². The van der Waals surface area contributed by atoms with E-state index in [0.29, 0.717) is 0 Å². The molecule has 0 aromatic heterocycles. The summed E-state index contributed by atoms with van der Waals surface area (Å²) in [5, 5.41) is 0. The Bertz CT molecular complexity index is 657. The first-order valence-corrected chi connectivity index (χ1v) is 7.10. The van der Waals surface area contributed by atoms with E-state index >= 15 is 0 Å². The molecular weight excluding hydrogens is 256 g/mol. The topological polar surface area (TPSA) is 9.23 Å². The number of ether oxygens (including phenoxy) is 1. The summed E-state index contributed by atoms with van der Waals surface area (Å²) in [5.41, 5.74) is 2.53. The summed E-state index contributed by atoms with van der Waals surface area (Å²) in [6.45, 7) is 0. The summed E-state index contributed by atoms with van der Waals surface area (Å²) in [7, 11) is 0. The Kier molecular flexibility index (Phi) is 4.33. The van der Waals surface area contributed by atoms with Crippen LogP contribution in [0.1, 0.15) is 11.1 Å². The Morgan fingerprint density at radius 3 is 1.86 bits per heavy atom. The SMILES string of the molecule is [CH](Cc1ccccc1)c1ccc(Oc2ccccc2)cc1. The third-order valence-corrected chi connectivity index (χ3v) is 3.28. The molecule has 0 aliphatic carbocycles. The number of hydrogen-bond acceptors (Lipinski definition) is 1. The molecule has 0 aliphatic rings. The van der Waals surface area contributed by atoms with Crippen molar-refractivity contribution < 1.29 is 4.74 Å². The van der Waals surface area contributed by atoms with Gasteiger partial charge in [-0.05, 0) is 48.2 Å². The molecule has 0 atom stereocenters. The lowest BCUT2D eigenvalue weighted by Crippen LogP contribution is -1.89. The highest BCUT2D eigenvalue weighted by Crippen LogP contribution is 2.21. The van der Waals surface area contributed by atoms with Crippen LogP contribution in [0.3, 0.4) is 0 Å². The second-order valence-electron chi connectivity index (χ2n) is 4.88. The van der Waals surface area contributed by atoms with Crippen molar-refractivity contribution in [3.05, 3.63) is 102 Å². The summed E-state index contributed by atoms with van der Waals surface area (Å²) in [4.78, 5) is 0. The van der Waals surface area contributed by atoms with Gasteiger partial charge in [0.15, 0.2) is 0 Å².